The maximum Gasteiger partial charge on any atom is 0.573 e. The summed E-state index contributed by atoms with van der Waals surface area (Å²) in [4.78, 5) is 23.3. The van der Waals surface area contributed by atoms with Gasteiger partial charge >= 0.3 is 12.3 Å². The highest BCUT2D eigenvalue weighted by Crippen LogP contribution is 2.25. The van der Waals surface area contributed by atoms with Crippen molar-refractivity contribution in [3.63, 3.8) is 0 Å². The van der Waals surface area contributed by atoms with Crippen molar-refractivity contribution < 1.29 is 32.6 Å². The third-order valence-corrected chi connectivity index (χ3v) is 3.72. The average Bonchev–Trinajstić information content (AvgIpc) is 2.55. The monoisotopic (exact) mass is 381 g/mol. The van der Waals surface area contributed by atoms with Gasteiger partial charge in [-0.05, 0) is 30.2 Å². The molecular weight excluding hydrogens is 363 g/mol. The number of amides is 1. The maximum atomic E-state index is 12.2. The van der Waals surface area contributed by atoms with E-state index in [1.807, 2.05) is 19.1 Å². The summed E-state index contributed by atoms with van der Waals surface area (Å²) in [6, 6.07) is 11.2. The molecule has 1 unspecified atom stereocenters. The number of halogens is 3. The second-order valence-corrected chi connectivity index (χ2v) is 6.00. The Morgan fingerprint density at radius 2 is 1.67 bits per heavy atom. The Bertz CT molecular complexity index is 786. The van der Waals surface area contributed by atoms with Crippen LogP contribution < -0.4 is 10.1 Å². The summed E-state index contributed by atoms with van der Waals surface area (Å²) >= 11 is 0. The van der Waals surface area contributed by atoms with Gasteiger partial charge in [0.25, 0.3) is 0 Å². The SMILES string of the molecule is Cc1ccc(CC(=O)NC(CC(=O)O)c2ccc(OC(F)(F)F)cc2)cc1. The number of carbonyl (C=O) groups excluding carboxylic acids is 1. The number of carboxylic acid groups (broad SMARTS) is 1. The third kappa shape index (κ3) is 7.01. The number of benzene rings is 2. The predicted octanol–water partition coefficient (Wildman–Crippen LogP) is 3.77. The van der Waals surface area contributed by atoms with Gasteiger partial charge in [-0.3, -0.25) is 9.59 Å². The van der Waals surface area contributed by atoms with E-state index in [9.17, 15) is 22.8 Å². The minimum absolute atomic E-state index is 0.0612. The lowest BCUT2D eigenvalue weighted by atomic mass is 10.0. The smallest absolute Gasteiger partial charge is 0.481 e. The van der Waals surface area contributed by atoms with Gasteiger partial charge in [-0.15, -0.1) is 13.2 Å². The Morgan fingerprint density at radius 3 is 2.19 bits per heavy atom. The van der Waals surface area contributed by atoms with Crippen molar-refractivity contribution in [3.8, 4) is 5.75 Å². The fourth-order valence-corrected chi connectivity index (χ4v) is 2.47. The number of hydrogen-bond acceptors (Lipinski definition) is 3. The quantitative estimate of drug-likeness (QED) is 0.766. The Kier molecular flexibility index (Phi) is 6.44. The molecule has 0 saturated carbocycles. The second kappa shape index (κ2) is 8.57. The minimum Gasteiger partial charge on any atom is -0.481 e. The lowest BCUT2D eigenvalue weighted by Gasteiger charge is -2.18. The molecule has 2 rings (SSSR count). The number of alkyl halides is 3. The normalized spacial score (nSPS) is 12.3. The van der Waals surface area contributed by atoms with Crippen LogP contribution in [0.2, 0.25) is 0 Å². The van der Waals surface area contributed by atoms with E-state index in [1.165, 1.54) is 12.1 Å². The molecule has 0 heterocycles. The lowest BCUT2D eigenvalue weighted by Crippen LogP contribution is -2.31. The van der Waals surface area contributed by atoms with Crippen LogP contribution in [0.3, 0.4) is 0 Å². The van der Waals surface area contributed by atoms with Gasteiger partial charge < -0.3 is 15.2 Å². The number of carboxylic acids is 1. The third-order valence-electron chi connectivity index (χ3n) is 3.72. The standard InChI is InChI=1S/C19H18F3NO4/c1-12-2-4-13(5-3-12)10-17(24)23-16(11-18(25)26)14-6-8-15(9-7-14)27-19(20,21)22/h2-9,16H,10-11H2,1H3,(H,23,24)(H,25,26). The predicted molar refractivity (Wildman–Crippen MR) is 91.1 cm³/mol. The van der Waals surface area contributed by atoms with E-state index in [4.69, 9.17) is 5.11 Å². The molecule has 0 aliphatic rings. The van der Waals surface area contributed by atoms with Crippen molar-refractivity contribution in [2.45, 2.75) is 32.2 Å². The highest BCUT2D eigenvalue weighted by Gasteiger charge is 2.31. The number of carbonyl (C=O) groups is 2. The van der Waals surface area contributed by atoms with E-state index in [-0.39, 0.29) is 12.3 Å². The number of rotatable bonds is 7. The molecule has 1 amide bonds. The summed E-state index contributed by atoms with van der Waals surface area (Å²) < 4.78 is 40.4. The Morgan fingerprint density at radius 1 is 1.07 bits per heavy atom. The summed E-state index contributed by atoms with van der Waals surface area (Å²) in [5.74, 6) is -1.96. The van der Waals surface area contributed by atoms with Crippen LogP contribution in [-0.4, -0.2) is 23.3 Å². The minimum atomic E-state index is -4.82. The first-order valence-electron chi connectivity index (χ1n) is 8.05. The van der Waals surface area contributed by atoms with Crippen LogP contribution in [0, 0.1) is 6.92 Å². The van der Waals surface area contributed by atoms with E-state index >= 15 is 0 Å². The van der Waals surface area contributed by atoms with Crippen LogP contribution in [0.25, 0.3) is 0 Å². The van der Waals surface area contributed by atoms with E-state index in [2.05, 4.69) is 10.1 Å². The molecule has 0 fully saturated rings. The van der Waals surface area contributed by atoms with E-state index in [1.54, 1.807) is 12.1 Å². The van der Waals surface area contributed by atoms with Crippen LogP contribution in [-0.2, 0) is 16.0 Å². The summed E-state index contributed by atoms with van der Waals surface area (Å²) in [5.41, 5.74) is 2.18. The summed E-state index contributed by atoms with van der Waals surface area (Å²) in [7, 11) is 0. The van der Waals surface area contributed by atoms with Crippen molar-refractivity contribution in [2.75, 3.05) is 0 Å². The molecule has 0 aromatic heterocycles. The lowest BCUT2D eigenvalue weighted by molar-refractivity contribution is -0.274. The Labute approximate surface area is 153 Å². The molecule has 0 bridgehead atoms. The summed E-state index contributed by atoms with van der Waals surface area (Å²) in [6.07, 6.45) is -5.16. The zero-order chi connectivity index (χ0) is 20.0. The van der Waals surface area contributed by atoms with Gasteiger partial charge in [-0.1, -0.05) is 42.0 Å². The van der Waals surface area contributed by atoms with Crippen molar-refractivity contribution in [1.82, 2.24) is 5.32 Å². The number of aryl methyl sites for hydroxylation is 1. The maximum absolute atomic E-state index is 12.2. The molecule has 144 valence electrons. The Hall–Kier alpha value is -3.03. The van der Waals surface area contributed by atoms with E-state index in [0.29, 0.717) is 5.56 Å². The fourth-order valence-electron chi connectivity index (χ4n) is 2.47. The average molecular weight is 381 g/mol. The number of hydrogen-bond donors (Lipinski definition) is 2. The Balaban J connectivity index is 2.08. The van der Waals surface area contributed by atoms with Crippen LogP contribution in [0.4, 0.5) is 13.2 Å². The first kappa shape index (κ1) is 20.3. The summed E-state index contributed by atoms with van der Waals surface area (Å²) in [6.45, 7) is 1.92. The molecule has 8 heteroatoms. The molecule has 2 aromatic rings. The van der Waals surface area contributed by atoms with Crippen LogP contribution >= 0.6 is 0 Å². The van der Waals surface area contributed by atoms with Crippen LogP contribution in [0.15, 0.2) is 48.5 Å². The van der Waals surface area contributed by atoms with Gasteiger partial charge in [0.2, 0.25) is 5.91 Å². The number of ether oxygens (including phenoxy) is 1. The second-order valence-electron chi connectivity index (χ2n) is 6.00. The zero-order valence-corrected chi connectivity index (χ0v) is 14.4. The van der Waals surface area contributed by atoms with Gasteiger partial charge in [-0.25, -0.2) is 0 Å². The molecule has 27 heavy (non-hydrogen) atoms. The van der Waals surface area contributed by atoms with Gasteiger partial charge in [0.1, 0.15) is 5.75 Å². The number of aliphatic carboxylic acids is 1. The van der Waals surface area contributed by atoms with Crippen molar-refractivity contribution in [3.05, 3.63) is 65.2 Å². The summed E-state index contributed by atoms with van der Waals surface area (Å²) in [5, 5.41) is 11.7. The topological polar surface area (TPSA) is 75.6 Å². The molecule has 1 atom stereocenters. The fraction of sp³-hybridized carbons (Fsp3) is 0.263. The molecule has 0 spiro atoms. The molecular formula is C19H18F3NO4. The first-order chi connectivity index (χ1) is 12.6. The molecule has 0 aliphatic carbocycles. The van der Waals surface area contributed by atoms with Crippen molar-refractivity contribution >= 4 is 11.9 Å². The zero-order valence-electron chi connectivity index (χ0n) is 14.4. The molecule has 0 radical (unpaired) electrons. The van der Waals surface area contributed by atoms with Crippen LogP contribution in [0.5, 0.6) is 5.75 Å². The van der Waals surface area contributed by atoms with E-state index in [0.717, 1.165) is 23.3 Å². The highest BCUT2D eigenvalue weighted by atomic mass is 19.4. The first-order valence-corrected chi connectivity index (χ1v) is 8.05. The molecule has 0 saturated heterocycles. The van der Waals surface area contributed by atoms with Crippen molar-refractivity contribution in [1.29, 1.82) is 0 Å². The van der Waals surface area contributed by atoms with Gasteiger partial charge in [0.05, 0.1) is 18.9 Å². The van der Waals surface area contributed by atoms with Gasteiger partial charge in [0, 0.05) is 0 Å². The van der Waals surface area contributed by atoms with E-state index < -0.39 is 30.5 Å². The highest BCUT2D eigenvalue weighted by molar-refractivity contribution is 5.80. The molecule has 2 N–H and O–H groups in total. The van der Waals surface area contributed by atoms with Crippen LogP contribution in [0.1, 0.15) is 29.2 Å². The molecule has 0 aliphatic heterocycles. The van der Waals surface area contributed by atoms with Crippen molar-refractivity contribution in [2.24, 2.45) is 0 Å². The van der Waals surface area contributed by atoms with Gasteiger partial charge in [-0.2, -0.15) is 0 Å². The largest absolute Gasteiger partial charge is 0.573 e. The van der Waals surface area contributed by atoms with Gasteiger partial charge in [0.15, 0.2) is 0 Å². The number of nitrogens with one attached hydrogen (secondary N) is 1. The molecule has 5 nitrogen and oxygen atoms in total. The molecule has 2 aromatic carbocycles.